The van der Waals surface area contributed by atoms with Crippen LogP contribution in [-0.2, 0) is 0 Å². The van der Waals surface area contributed by atoms with Crippen molar-refractivity contribution >= 4 is 17.1 Å². The number of anilines is 1. The minimum absolute atomic E-state index is 0.0875. The maximum atomic E-state index is 8.81. The molecule has 0 aliphatic rings. The van der Waals surface area contributed by atoms with Crippen LogP contribution in [0.5, 0.6) is 0 Å². The first-order chi connectivity index (χ1) is 8.90. The lowest BCUT2D eigenvalue weighted by Crippen LogP contribution is -2.05. The van der Waals surface area contributed by atoms with Crippen LogP contribution in [0.1, 0.15) is 0 Å². The molecule has 4 heteroatoms. The van der Waals surface area contributed by atoms with Crippen molar-refractivity contribution in [2.75, 3.05) is 18.5 Å². The fraction of sp³-hybridized carbons (Fsp3) is 0.143. The topological polar surface area (TPSA) is 57.0 Å². The van der Waals surface area contributed by atoms with Crippen molar-refractivity contribution in [1.82, 2.24) is 0 Å². The third-order valence-electron chi connectivity index (χ3n) is 2.36. The smallest absolute Gasteiger partial charge is 0.109 e. The first-order valence-electron chi connectivity index (χ1n) is 5.81. The second-order valence-corrected chi connectivity index (χ2v) is 3.70. The van der Waals surface area contributed by atoms with Crippen molar-refractivity contribution in [3.63, 3.8) is 0 Å². The SMILES string of the molecule is OCCNc1ccccc1/N=N/c1ccccc1. The highest BCUT2D eigenvalue weighted by Crippen LogP contribution is 2.26. The number of aliphatic hydroxyl groups is 1. The lowest BCUT2D eigenvalue weighted by Gasteiger charge is -2.06. The Bertz CT molecular complexity index is 511. The van der Waals surface area contributed by atoms with Gasteiger partial charge in [-0.15, -0.1) is 5.11 Å². The molecule has 92 valence electrons. The monoisotopic (exact) mass is 241 g/mol. The second-order valence-electron chi connectivity index (χ2n) is 3.70. The Hall–Kier alpha value is -2.20. The number of nitrogens with one attached hydrogen (secondary N) is 1. The number of aliphatic hydroxyl groups excluding tert-OH is 1. The van der Waals surface area contributed by atoms with Crippen LogP contribution in [0.2, 0.25) is 0 Å². The Morgan fingerprint density at radius 1 is 0.889 bits per heavy atom. The van der Waals surface area contributed by atoms with Crippen molar-refractivity contribution in [2.24, 2.45) is 10.2 Å². The molecule has 0 aliphatic carbocycles. The maximum Gasteiger partial charge on any atom is 0.109 e. The predicted molar refractivity (Wildman–Crippen MR) is 72.6 cm³/mol. The van der Waals surface area contributed by atoms with E-state index in [-0.39, 0.29) is 6.61 Å². The van der Waals surface area contributed by atoms with Gasteiger partial charge in [0.1, 0.15) is 5.69 Å². The summed E-state index contributed by atoms with van der Waals surface area (Å²) in [6, 6.07) is 17.2. The third-order valence-corrected chi connectivity index (χ3v) is 2.36. The number of hydrogen-bond acceptors (Lipinski definition) is 4. The molecule has 0 saturated heterocycles. The summed E-state index contributed by atoms with van der Waals surface area (Å²) in [4.78, 5) is 0. The van der Waals surface area contributed by atoms with E-state index < -0.39 is 0 Å². The van der Waals surface area contributed by atoms with Gasteiger partial charge in [0.05, 0.1) is 18.0 Å². The molecule has 18 heavy (non-hydrogen) atoms. The highest BCUT2D eigenvalue weighted by Gasteiger charge is 1.98. The van der Waals surface area contributed by atoms with E-state index in [4.69, 9.17) is 5.11 Å². The van der Waals surface area contributed by atoms with Crippen LogP contribution in [0, 0.1) is 0 Å². The number of para-hydroxylation sites is 1. The number of azo groups is 1. The Labute approximate surface area is 106 Å². The van der Waals surface area contributed by atoms with E-state index in [9.17, 15) is 0 Å². The molecule has 0 amide bonds. The standard InChI is InChI=1S/C14H15N3O/c18-11-10-15-13-8-4-5-9-14(13)17-16-12-6-2-1-3-7-12/h1-9,15,18H,10-11H2/b17-16+. The van der Waals surface area contributed by atoms with Crippen molar-refractivity contribution in [3.8, 4) is 0 Å². The van der Waals surface area contributed by atoms with Gasteiger partial charge in [0, 0.05) is 6.54 Å². The molecule has 0 spiro atoms. The molecule has 2 aromatic carbocycles. The average Bonchev–Trinajstić information content (AvgIpc) is 2.45. The zero-order valence-electron chi connectivity index (χ0n) is 9.95. The van der Waals surface area contributed by atoms with Gasteiger partial charge < -0.3 is 10.4 Å². The van der Waals surface area contributed by atoms with E-state index in [0.29, 0.717) is 6.54 Å². The summed E-state index contributed by atoms with van der Waals surface area (Å²) in [7, 11) is 0. The van der Waals surface area contributed by atoms with Crippen LogP contribution >= 0.6 is 0 Å². The molecular formula is C14H15N3O. The van der Waals surface area contributed by atoms with Gasteiger partial charge in [-0.2, -0.15) is 5.11 Å². The maximum absolute atomic E-state index is 8.81. The molecule has 0 radical (unpaired) electrons. The highest BCUT2D eigenvalue weighted by atomic mass is 16.3. The van der Waals surface area contributed by atoms with Gasteiger partial charge in [-0.1, -0.05) is 30.3 Å². The van der Waals surface area contributed by atoms with E-state index in [0.717, 1.165) is 17.1 Å². The Morgan fingerprint density at radius 2 is 1.61 bits per heavy atom. The van der Waals surface area contributed by atoms with E-state index in [2.05, 4.69) is 15.5 Å². The molecule has 2 aromatic rings. The van der Waals surface area contributed by atoms with Crippen molar-refractivity contribution in [1.29, 1.82) is 0 Å². The number of hydrogen-bond donors (Lipinski definition) is 2. The van der Waals surface area contributed by atoms with Gasteiger partial charge in [0.15, 0.2) is 0 Å². The van der Waals surface area contributed by atoms with Crippen LogP contribution in [0.25, 0.3) is 0 Å². The van der Waals surface area contributed by atoms with Gasteiger partial charge in [0.25, 0.3) is 0 Å². The summed E-state index contributed by atoms with van der Waals surface area (Å²) in [6.07, 6.45) is 0. The zero-order chi connectivity index (χ0) is 12.6. The van der Waals surface area contributed by atoms with Gasteiger partial charge >= 0.3 is 0 Å². The number of nitrogens with zero attached hydrogens (tertiary/aromatic N) is 2. The second kappa shape index (κ2) is 6.51. The fourth-order valence-electron chi connectivity index (χ4n) is 1.51. The van der Waals surface area contributed by atoms with Crippen molar-refractivity contribution in [2.45, 2.75) is 0 Å². The Morgan fingerprint density at radius 3 is 2.39 bits per heavy atom. The summed E-state index contributed by atoms with van der Waals surface area (Å²) in [5.41, 5.74) is 2.44. The largest absolute Gasteiger partial charge is 0.395 e. The molecule has 0 heterocycles. The normalized spacial score (nSPS) is 10.7. The molecular weight excluding hydrogens is 226 g/mol. The molecule has 2 rings (SSSR count). The van der Waals surface area contributed by atoms with Crippen LogP contribution in [0.15, 0.2) is 64.8 Å². The zero-order valence-corrected chi connectivity index (χ0v) is 9.95. The molecule has 0 aromatic heterocycles. The van der Waals surface area contributed by atoms with Crippen LogP contribution < -0.4 is 5.32 Å². The molecule has 2 N–H and O–H groups in total. The highest BCUT2D eigenvalue weighted by molar-refractivity contribution is 5.64. The average molecular weight is 241 g/mol. The fourth-order valence-corrected chi connectivity index (χ4v) is 1.51. The van der Waals surface area contributed by atoms with Gasteiger partial charge in [-0.3, -0.25) is 0 Å². The van der Waals surface area contributed by atoms with Crippen LogP contribution in [-0.4, -0.2) is 18.3 Å². The summed E-state index contributed by atoms with van der Waals surface area (Å²) >= 11 is 0. The van der Waals surface area contributed by atoms with Crippen LogP contribution in [0.3, 0.4) is 0 Å². The van der Waals surface area contributed by atoms with Crippen molar-refractivity contribution in [3.05, 3.63) is 54.6 Å². The first kappa shape index (κ1) is 12.3. The summed E-state index contributed by atoms with van der Waals surface area (Å²) in [5, 5.41) is 20.3. The summed E-state index contributed by atoms with van der Waals surface area (Å²) in [5.74, 6) is 0. The van der Waals surface area contributed by atoms with Crippen molar-refractivity contribution < 1.29 is 5.11 Å². The van der Waals surface area contributed by atoms with Crippen LogP contribution in [0.4, 0.5) is 17.1 Å². The molecule has 0 aliphatic heterocycles. The summed E-state index contributed by atoms with van der Waals surface area (Å²) < 4.78 is 0. The van der Waals surface area contributed by atoms with Gasteiger partial charge in [-0.05, 0) is 24.3 Å². The predicted octanol–water partition coefficient (Wildman–Crippen LogP) is 3.51. The quantitative estimate of drug-likeness (QED) is 0.787. The molecule has 0 fully saturated rings. The first-order valence-corrected chi connectivity index (χ1v) is 5.81. The minimum atomic E-state index is 0.0875. The molecule has 0 unspecified atom stereocenters. The van der Waals surface area contributed by atoms with E-state index in [1.165, 1.54) is 0 Å². The number of rotatable bonds is 5. The summed E-state index contributed by atoms with van der Waals surface area (Å²) in [6.45, 7) is 0.585. The molecule has 4 nitrogen and oxygen atoms in total. The Kier molecular flexibility index (Phi) is 4.44. The Balaban J connectivity index is 2.15. The molecule has 0 atom stereocenters. The van der Waals surface area contributed by atoms with E-state index in [1.54, 1.807) is 0 Å². The minimum Gasteiger partial charge on any atom is -0.395 e. The lowest BCUT2D eigenvalue weighted by atomic mass is 10.2. The lowest BCUT2D eigenvalue weighted by molar-refractivity contribution is 0.311. The molecule has 0 saturated carbocycles. The van der Waals surface area contributed by atoms with Gasteiger partial charge in [-0.25, -0.2) is 0 Å². The van der Waals surface area contributed by atoms with E-state index in [1.807, 2.05) is 54.6 Å². The van der Waals surface area contributed by atoms with Gasteiger partial charge in [0.2, 0.25) is 0 Å². The number of benzene rings is 2. The third kappa shape index (κ3) is 3.40. The van der Waals surface area contributed by atoms with E-state index >= 15 is 0 Å². The molecule has 0 bridgehead atoms.